The number of phosphoric acid groups is 2. The Morgan fingerprint density at radius 2 is 0.537 bits per heavy atom. The molecule has 0 radical (unpaired) electrons. The van der Waals surface area contributed by atoms with Crippen LogP contribution in [0.25, 0.3) is 0 Å². The molecule has 0 saturated heterocycles. The van der Waals surface area contributed by atoms with Gasteiger partial charge in [0.1, 0.15) is 25.4 Å². The fourth-order valence-electron chi connectivity index (χ4n) is 10.8. The van der Waals surface area contributed by atoms with Crippen molar-refractivity contribution in [2.45, 2.75) is 373 Å². The number of aliphatic hydroxyl groups is 2. The number of carbonyl (C=O) groups excluding carboxylic acids is 3. The molecule has 0 rings (SSSR count). The van der Waals surface area contributed by atoms with Gasteiger partial charge in [-0.25, -0.2) is 9.13 Å². The van der Waals surface area contributed by atoms with Crippen molar-refractivity contribution in [2.75, 3.05) is 39.6 Å². The molecule has 0 aliphatic heterocycles. The van der Waals surface area contributed by atoms with Gasteiger partial charge in [0.2, 0.25) is 0 Å². The van der Waals surface area contributed by atoms with E-state index < -0.39 is 91.5 Å². The summed E-state index contributed by atoms with van der Waals surface area (Å²) in [7, 11) is -9.76. The molecular formula is C77H142O16P2. The van der Waals surface area contributed by atoms with Crippen molar-refractivity contribution >= 4 is 33.6 Å². The van der Waals surface area contributed by atoms with E-state index in [-0.39, 0.29) is 19.3 Å². The third-order valence-corrected chi connectivity index (χ3v) is 18.6. The molecule has 0 aromatic rings. The van der Waals surface area contributed by atoms with Gasteiger partial charge < -0.3 is 34.2 Å². The zero-order valence-electron chi connectivity index (χ0n) is 60.6. The van der Waals surface area contributed by atoms with Crippen molar-refractivity contribution in [3.8, 4) is 0 Å². The van der Waals surface area contributed by atoms with Crippen LogP contribution in [0.2, 0.25) is 0 Å². The summed E-state index contributed by atoms with van der Waals surface area (Å²) in [5.41, 5.74) is 0. The van der Waals surface area contributed by atoms with Gasteiger partial charge in [-0.1, -0.05) is 313 Å². The number of hydrogen-bond donors (Lipinski definition) is 4. The first-order chi connectivity index (χ1) is 46.2. The molecule has 5 unspecified atom stereocenters. The van der Waals surface area contributed by atoms with Gasteiger partial charge in [0.05, 0.1) is 26.4 Å². The topological polar surface area (TPSA) is 231 Å². The normalized spacial score (nSPS) is 14.4. The molecule has 18 heteroatoms. The third kappa shape index (κ3) is 72.3. The van der Waals surface area contributed by atoms with E-state index in [4.69, 9.17) is 32.3 Å². The van der Waals surface area contributed by atoms with Crippen LogP contribution in [0.1, 0.15) is 355 Å². The first-order valence-electron chi connectivity index (χ1n) is 38.6. The van der Waals surface area contributed by atoms with Crippen molar-refractivity contribution in [1.82, 2.24) is 0 Å². The van der Waals surface area contributed by atoms with Crippen LogP contribution >= 0.6 is 15.6 Å². The van der Waals surface area contributed by atoms with Gasteiger partial charge in [-0.2, -0.15) is 0 Å². The Morgan fingerprint density at radius 1 is 0.295 bits per heavy atom. The molecule has 0 aromatic heterocycles. The van der Waals surface area contributed by atoms with Gasteiger partial charge in [0, 0.05) is 19.3 Å². The van der Waals surface area contributed by atoms with Gasteiger partial charge in [-0.3, -0.25) is 32.5 Å². The first kappa shape index (κ1) is 92.2. The van der Waals surface area contributed by atoms with E-state index in [1.807, 2.05) is 0 Å². The second-order valence-corrected chi connectivity index (χ2v) is 29.1. The van der Waals surface area contributed by atoms with Crippen molar-refractivity contribution < 1.29 is 75.8 Å². The Kier molecular flexibility index (Phi) is 69.0. The van der Waals surface area contributed by atoms with Gasteiger partial charge >= 0.3 is 33.6 Å². The second-order valence-electron chi connectivity index (χ2n) is 26.2. The highest BCUT2D eigenvalue weighted by atomic mass is 31.2. The van der Waals surface area contributed by atoms with Gasteiger partial charge in [0.15, 0.2) is 6.10 Å². The number of unbranched alkanes of at least 4 members (excludes halogenated alkanes) is 41. The molecule has 4 N–H and O–H groups in total. The summed E-state index contributed by atoms with van der Waals surface area (Å²) in [5.74, 6) is -1.56. The summed E-state index contributed by atoms with van der Waals surface area (Å²) in [6.07, 6.45) is 76.0. The fraction of sp³-hybridized carbons (Fsp3) is 0.831. The van der Waals surface area contributed by atoms with E-state index in [1.165, 1.54) is 199 Å². The van der Waals surface area contributed by atoms with Crippen LogP contribution in [0, 0.1) is 0 Å². The summed E-state index contributed by atoms with van der Waals surface area (Å²) < 4.78 is 60.9. The predicted molar refractivity (Wildman–Crippen MR) is 390 cm³/mol. The molecule has 0 aliphatic rings. The molecule has 556 valence electrons. The molecule has 16 nitrogen and oxygen atoms in total. The molecule has 5 atom stereocenters. The number of ether oxygens (including phenoxy) is 3. The number of phosphoric ester groups is 2. The molecule has 95 heavy (non-hydrogen) atoms. The third-order valence-electron chi connectivity index (χ3n) is 16.7. The zero-order chi connectivity index (χ0) is 69.5. The molecule has 0 amide bonds. The molecule has 0 saturated carbocycles. The lowest BCUT2D eigenvalue weighted by Crippen LogP contribution is -2.30. The number of aliphatic hydroxyl groups excluding tert-OH is 2. The second kappa shape index (κ2) is 71.1. The average molecular weight is 1390 g/mol. The van der Waals surface area contributed by atoms with Crippen LogP contribution in [0.5, 0.6) is 0 Å². The smallest absolute Gasteiger partial charge is 0.463 e. The number of rotatable bonds is 74. The monoisotopic (exact) mass is 1380 g/mol. The molecular weight excluding hydrogens is 1240 g/mol. The predicted octanol–water partition coefficient (Wildman–Crippen LogP) is 22.1. The first-order valence-corrected chi connectivity index (χ1v) is 41.6. The number of allylic oxidation sites excluding steroid dienone is 10. The highest BCUT2D eigenvalue weighted by molar-refractivity contribution is 7.47. The minimum Gasteiger partial charge on any atom is -0.463 e. The molecule has 0 aromatic carbocycles. The van der Waals surface area contributed by atoms with Crippen LogP contribution in [-0.2, 0) is 55.8 Å². The van der Waals surface area contributed by atoms with E-state index in [9.17, 15) is 43.5 Å². The Balaban J connectivity index is 4.23. The van der Waals surface area contributed by atoms with Crippen LogP contribution in [0.3, 0.4) is 0 Å². The molecule has 0 spiro atoms. The highest BCUT2D eigenvalue weighted by Crippen LogP contribution is 2.45. The van der Waals surface area contributed by atoms with Gasteiger partial charge in [-0.15, -0.1) is 0 Å². The van der Waals surface area contributed by atoms with Crippen LogP contribution in [0.4, 0.5) is 0 Å². The molecule has 0 bridgehead atoms. The van der Waals surface area contributed by atoms with Crippen molar-refractivity contribution in [3.63, 3.8) is 0 Å². The maximum Gasteiger partial charge on any atom is 0.472 e. The Bertz CT molecular complexity index is 1980. The van der Waals surface area contributed by atoms with Crippen molar-refractivity contribution in [1.29, 1.82) is 0 Å². The zero-order valence-corrected chi connectivity index (χ0v) is 62.4. The summed E-state index contributed by atoms with van der Waals surface area (Å²) in [4.78, 5) is 58.3. The van der Waals surface area contributed by atoms with Crippen molar-refractivity contribution in [2.24, 2.45) is 0 Å². The minimum atomic E-state index is -4.91. The van der Waals surface area contributed by atoms with Crippen molar-refractivity contribution in [3.05, 3.63) is 60.8 Å². The van der Waals surface area contributed by atoms with E-state index in [2.05, 4.69) is 81.5 Å². The van der Waals surface area contributed by atoms with Crippen LogP contribution in [0.15, 0.2) is 60.8 Å². The van der Waals surface area contributed by atoms with E-state index >= 15 is 0 Å². The summed E-state index contributed by atoms with van der Waals surface area (Å²) in [6, 6.07) is 0. The SMILES string of the molecule is CCCC/C=C\CCCCCCCC(=O)OC(COC(=O)CCCCCCCCCCCCCCC)COP(=O)(O)OCC(O)COP(=O)(O)OCC(O)COC(=O)CCCCCCCCCCCCCCCCCCCCC/C=C\C/C=C\C/C=C\C/C=C\CCCCC. The lowest BCUT2D eigenvalue weighted by molar-refractivity contribution is -0.161. The summed E-state index contributed by atoms with van der Waals surface area (Å²) in [6.45, 7) is 2.64. The summed E-state index contributed by atoms with van der Waals surface area (Å²) >= 11 is 0. The largest absolute Gasteiger partial charge is 0.472 e. The molecule has 0 fully saturated rings. The maximum atomic E-state index is 12.8. The Hall–Kier alpha value is -2.75. The average Bonchev–Trinajstić information content (AvgIpc) is 2.47. The van der Waals surface area contributed by atoms with E-state index in [0.717, 1.165) is 96.3 Å². The number of hydrogen-bond acceptors (Lipinski definition) is 14. The van der Waals surface area contributed by atoms with E-state index in [0.29, 0.717) is 19.3 Å². The quantitative estimate of drug-likeness (QED) is 0.0146. The maximum absolute atomic E-state index is 12.8. The van der Waals surface area contributed by atoms with E-state index in [1.54, 1.807) is 0 Å². The van der Waals surface area contributed by atoms with Crippen LogP contribution in [-0.4, -0.2) is 95.9 Å². The summed E-state index contributed by atoms with van der Waals surface area (Å²) in [5, 5.41) is 20.6. The lowest BCUT2D eigenvalue weighted by Gasteiger charge is -2.21. The number of esters is 3. The number of carbonyl (C=O) groups is 3. The highest BCUT2D eigenvalue weighted by Gasteiger charge is 2.29. The Morgan fingerprint density at radius 3 is 0.895 bits per heavy atom. The lowest BCUT2D eigenvalue weighted by atomic mass is 10.0. The van der Waals surface area contributed by atoms with Gasteiger partial charge in [-0.05, 0) is 83.5 Å². The molecule has 0 heterocycles. The van der Waals surface area contributed by atoms with Gasteiger partial charge in [0.25, 0.3) is 0 Å². The Labute approximate surface area is 580 Å². The fourth-order valence-corrected chi connectivity index (χ4v) is 12.4. The minimum absolute atomic E-state index is 0.0997. The molecule has 0 aliphatic carbocycles. The standard InChI is InChI=1S/C77H142O16P2/c1-4-7-10-13-16-19-22-24-25-26-27-28-29-30-31-32-33-34-35-36-37-38-39-40-41-42-43-44-45-47-50-51-54-57-60-63-75(80)87-66-72(78)67-89-94(83,84)90-68-73(79)69-91-95(85,86)92-71-74(93-77(82)65-62-59-56-53-48-21-18-15-12-9-6-3)70-88-76(81)64-61-58-55-52-49-46-23-20-17-14-11-8-5-2/h15-16,18-19,24-25,27-28,30-31,72-74,78-79H,4-14,17,20-23,26,29,32-71H2,1-3H3,(H,83,84)(H,85,86)/b18-15-,19-16-,25-24-,28-27-,31-30-. The van der Waals surface area contributed by atoms with Crippen LogP contribution < -0.4 is 0 Å².